The summed E-state index contributed by atoms with van der Waals surface area (Å²) in [5.74, 6) is -0.0236. The van der Waals surface area contributed by atoms with Crippen molar-refractivity contribution in [2.24, 2.45) is 0 Å². The molecule has 2 rings (SSSR count). The number of ether oxygens (including phenoxy) is 2. The summed E-state index contributed by atoms with van der Waals surface area (Å²) >= 11 is 6.05. The number of hydrogen-bond acceptors (Lipinski definition) is 5. The van der Waals surface area contributed by atoms with Gasteiger partial charge < -0.3 is 20.1 Å². The van der Waals surface area contributed by atoms with Crippen molar-refractivity contribution < 1.29 is 19.1 Å². The van der Waals surface area contributed by atoms with E-state index in [1.165, 1.54) is 25.3 Å². The Labute approximate surface area is 151 Å². The number of methoxy groups -OCH3 is 2. The summed E-state index contributed by atoms with van der Waals surface area (Å²) in [5.41, 5.74) is 1.61. The Hall–Kier alpha value is -2.57. The van der Waals surface area contributed by atoms with E-state index in [1.807, 2.05) is 24.3 Å². The topological polar surface area (TPSA) is 76.7 Å². The van der Waals surface area contributed by atoms with E-state index in [-0.39, 0.29) is 12.5 Å². The van der Waals surface area contributed by atoms with Gasteiger partial charge in [0.15, 0.2) is 0 Å². The molecule has 2 aromatic carbocycles. The van der Waals surface area contributed by atoms with Gasteiger partial charge in [0.25, 0.3) is 0 Å². The fourth-order valence-corrected chi connectivity index (χ4v) is 2.38. The van der Waals surface area contributed by atoms with E-state index in [0.29, 0.717) is 22.8 Å². The van der Waals surface area contributed by atoms with Crippen LogP contribution in [-0.2, 0) is 16.1 Å². The number of carbonyl (C=O) groups excluding carboxylic acids is 2. The predicted octanol–water partition coefficient (Wildman–Crippen LogP) is 2.86. The average Bonchev–Trinajstić information content (AvgIpc) is 2.63. The molecule has 2 aromatic rings. The van der Waals surface area contributed by atoms with Crippen LogP contribution >= 0.6 is 11.6 Å². The SMILES string of the molecule is COC(=O)c1ccc(Cl)c(NC(=O)CNCc2ccccc2OC)c1. The Balaban J connectivity index is 1.93. The number of esters is 1. The number of para-hydroxylation sites is 1. The first-order valence-corrected chi connectivity index (χ1v) is 7.93. The van der Waals surface area contributed by atoms with E-state index >= 15 is 0 Å². The van der Waals surface area contributed by atoms with Crippen LogP contribution in [0, 0.1) is 0 Å². The minimum atomic E-state index is -0.499. The molecule has 0 aromatic heterocycles. The zero-order valence-electron chi connectivity index (χ0n) is 14.0. The number of benzene rings is 2. The molecule has 0 aliphatic carbocycles. The lowest BCUT2D eigenvalue weighted by molar-refractivity contribution is -0.115. The van der Waals surface area contributed by atoms with Crippen LogP contribution in [-0.4, -0.2) is 32.6 Å². The summed E-state index contributed by atoms with van der Waals surface area (Å²) in [5, 5.41) is 6.05. The molecular formula is C18H19ClN2O4. The molecule has 0 heterocycles. The standard InChI is InChI=1S/C18H19ClN2O4/c1-24-16-6-4-3-5-13(16)10-20-11-17(22)21-15-9-12(18(23)25-2)7-8-14(15)19/h3-9,20H,10-11H2,1-2H3,(H,21,22). The van der Waals surface area contributed by atoms with Crippen molar-refractivity contribution >= 4 is 29.2 Å². The molecule has 25 heavy (non-hydrogen) atoms. The number of carbonyl (C=O) groups is 2. The van der Waals surface area contributed by atoms with Crippen molar-refractivity contribution in [3.63, 3.8) is 0 Å². The molecule has 0 saturated carbocycles. The monoisotopic (exact) mass is 362 g/mol. The van der Waals surface area contributed by atoms with Crippen LogP contribution in [0.4, 0.5) is 5.69 Å². The number of amides is 1. The summed E-state index contributed by atoms with van der Waals surface area (Å²) < 4.78 is 9.91. The summed E-state index contributed by atoms with van der Waals surface area (Å²) in [6.07, 6.45) is 0. The molecule has 0 unspecified atom stereocenters. The Morgan fingerprint density at radius 3 is 2.60 bits per heavy atom. The van der Waals surface area contributed by atoms with E-state index in [4.69, 9.17) is 16.3 Å². The van der Waals surface area contributed by atoms with Crippen molar-refractivity contribution in [1.29, 1.82) is 0 Å². The van der Waals surface area contributed by atoms with E-state index in [9.17, 15) is 9.59 Å². The lowest BCUT2D eigenvalue weighted by atomic mass is 10.2. The van der Waals surface area contributed by atoms with Crippen LogP contribution < -0.4 is 15.4 Å². The third-order valence-electron chi connectivity index (χ3n) is 3.46. The molecule has 6 nitrogen and oxygen atoms in total. The van der Waals surface area contributed by atoms with Crippen LogP contribution in [0.5, 0.6) is 5.75 Å². The third-order valence-corrected chi connectivity index (χ3v) is 3.78. The number of anilines is 1. The predicted molar refractivity (Wildman–Crippen MR) is 96.1 cm³/mol. The zero-order valence-corrected chi connectivity index (χ0v) is 14.7. The average molecular weight is 363 g/mol. The van der Waals surface area contributed by atoms with Gasteiger partial charge in [-0.25, -0.2) is 4.79 Å². The highest BCUT2D eigenvalue weighted by Crippen LogP contribution is 2.23. The summed E-state index contributed by atoms with van der Waals surface area (Å²) in [4.78, 5) is 23.6. The fraction of sp³-hybridized carbons (Fsp3) is 0.222. The molecular weight excluding hydrogens is 344 g/mol. The second-order valence-corrected chi connectivity index (χ2v) is 5.56. The molecule has 0 saturated heterocycles. The van der Waals surface area contributed by atoms with Gasteiger partial charge >= 0.3 is 5.97 Å². The zero-order chi connectivity index (χ0) is 18.2. The van der Waals surface area contributed by atoms with Gasteiger partial charge in [0, 0.05) is 12.1 Å². The molecule has 1 amide bonds. The van der Waals surface area contributed by atoms with Gasteiger partial charge in [-0.3, -0.25) is 4.79 Å². The van der Waals surface area contributed by atoms with Crippen LogP contribution in [0.2, 0.25) is 5.02 Å². The Morgan fingerprint density at radius 1 is 1.12 bits per heavy atom. The van der Waals surface area contributed by atoms with Crippen molar-refractivity contribution in [3.05, 3.63) is 58.6 Å². The first-order chi connectivity index (χ1) is 12.0. The lowest BCUT2D eigenvalue weighted by Crippen LogP contribution is -2.28. The highest BCUT2D eigenvalue weighted by Gasteiger charge is 2.11. The molecule has 0 radical (unpaired) electrons. The Morgan fingerprint density at radius 2 is 1.88 bits per heavy atom. The maximum absolute atomic E-state index is 12.1. The first kappa shape index (κ1) is 18.8. The number of rotatable bonds is 7. The minimum Gasteiger partial charge on any atom is -0.496 e. The quantitative estimate of drug-likeness (QED) is 0.741. The molecule has 0 atom stereocenters. The van der Waals surface area contributed by atoms with Gasteiger partial charge in [0.05, 0.1) is 37.0 Å². The fourth-order valence-electron chi connectivity index (χ4n) is 2.22. The Bertz CT molecular complexity index is 764. The molecule has 132 valence electrons. The molecule has 0 fully saturated rings. The van der Waals surface area contributed by atoms with Crippen molar-refractivity contribution in [3.8, 4) is 5.75 Å². The molecule has 7 heteroatoms. The van der Waals surface area contributed by atoms with Gasteiger partial charge in [-0.2, -0.15) is 0 Å². The van der Waals surface area contributed by atoms with E-state index in [1.54, 1.807) is 7.11 Å². The second-order valence-electron chi connectivity index (χ2n) is 5.15. The third kappa shape index (κ3) is 5.20. The van der Waals surface area contributed by atoms with E-state index in [0.717, 1.165) is 11.3 Å². The number of halogens is 1. The number of nitrogens with one attached hydrogen (secondary N) is 2. The molecule has 0 bridgehead atoms. The normalized spacial score (nSPS) is 10.2. The van der Waals surface area contributed by atoms with Crippen LogP contribution in [0.3, 0.4) is 0 Å². The summed E-state index contributed by atoms with van der Waals surface area (Å²) in [6, 6.07) is 12.1. The van der Waals surface area contributed by atoms with Gasteiger partial charge in [-0.1, -0.05) is 29.8 Å². The van der Waals surface area contributed by atoms with Crippen molar-refractivity contribution in [1.82, 2.24) is 5.32 Å². The number of hydrogen-bond donors (Lipinski definition) is 2. The van der Waals surface area contributed by atoms with Crippen LogP contribution in [0.1, 0.15) is 15.9 Å². The minimum absolute atomic E-state index is 0.0802. The van der Waals surface area contributed by atoms with Gasteiger partial charge in [0.1, 0.15) is 5.75 Å². The maximum Gasteiger partial charge on any atom is 0.337 e. The lowest BCUT2D eigenvalue weighted by Gasteiger charge is -2.11. The highest BCUT2D eigenvalue weighted by atomic mass is 35.5. The summed E-state index contributed by atoms with van der Waals surface area (Å²) in [6.45, 7) is 0.560. The molecule has 0 aliphatic heterocycles. The maximum atomic E-state index is 12.1. The molecule has 2 N–H and O–H groups in total. The smallest absolute Gasteiger partial charge is 0.337 e. The van der Waals surface area contributed by atoms with Crippen molar-refractivity contribution in [2.45, 2.75) is 6.54 Å². The van der Waals surface area contributed by atoms with Crippen LogP contribution in [0.15, 0.2) is 42.5 Å². The summed E-state index contributed by atoms with van der Waals surface area (Å²) in [7, 11) is 2.89. The van der Waals surface area contributed by atoms with Gasteiger partial charge in [-0.15, -0.1) is 0 Å². The van der Waals surface area contributed by atoms with E-state index < -0.39 is 5.97 Å². The van der Waals surface area contributed by atoms with Gasteiger partial charge in [-0.05, 0) is 24.3 Å². The van der Waals surface area contributed by atoms with Crippen molar-refractivity contribution in [2.75, 3.05) is 26.1 Å². The first-order valence-electron chi connectivity index (χ1n) is 7.55. The van der Waals surface area contributed by atoms with E-state index in [2.05, 4.69) is 15.4 Å². The largest absolute Gasteiger partial charge is 0.496 e. The highest BCUT2D eigenvalue weighted by molar-refractivity contribution is 6.33. The van der Waals surface area contributed by atoms with Crippen LogP contribution in [0.25, 0.3) is 0 Å². The van der Waals surface area contributed by atoms with Gasteiger partial charge in [0.2, 0.25) is 5.91 Å². The molecule has 0 aliphatic rings. The molecule has 0 spiro atoms. The second kappa shape index (κ2) is 9.05. The Kier molecular flexibility index (Phi) is 6.80.